The van der Waals surface area contributed by atoms with Crippen molar-refractivity contribution < 1.29 is 19.1 Å². The molecule has 0 aliphatic carbocycles. The highest BCUT2D eigenvalue weighted by Gasteiger charge is 2.67. The summed E-state index contributed by atoms with van der Waals surface area (Å²) < 4.78 is 11.6. The van der Waals surface area contributed by atoms with E-state index >= 15 is 0 Å². The lowest BCUT2D eigenvalue weighted by molar-refractivity contribution is -0.152. The number of rotatable bonds is 6. The van der Waals surface area contributed by atoms with Gasteiger partial charge in [-0.3, -0.25) is 9.59 Å². The van der Waals surface area contributed by atoms with Crippen LogP contribution in [-0.2, 0) is 19.1 Å². The number of nitrogens with zero attached hydrogens (tertiary/aromatic N) is 1. The fourth-order valence-corrected chi connectivity index (χ4v) is 4.46. The Morgan fingerprint density at radius 2 is 2.15 bits per heavy atom. The van der Waals surface area contributed by atoms with Crippen LogP contribution in [0.3, 0.4) is 0 Å². The van der Waals surface area contributed by atoms with Gasteiger partial charge >= 0.3 is 5.97 Å². The highest BCUT2D eigenvalue weighted by atomic mass is 16.6. The number of benzene rings is 1. The second kappa shape index (κ2) is 6.54. The Kier molecular flexibility index (Phi) is 4.35. The molecule has 1 amide bonds. The predicted molar refractivity (Wildman–Crippen MR) is 97.7 cm³/mol. The zero-order chi connectivity index (χ0) is 18.3. The molecule has 0 radical (unpaired) electrons. The van der Waals surface area contributed by atoms with Crippen LogP contribution in [0.25, 0.3) is 0 Å². The molecule has 3 heterocycles. The molecular weight excluding hydrogens is 330 g/mol. The summed E-state index contributed by atoms with van der Waals surface area (Å²) in [4.78, 5) is 27.7. The van der Waals surface area contributed by atoms with Crippen LogP contribution in [-0.4, -0.2) is 36.7 Å². The third-order valence-electron chi connectivity index (χ3n) is 5.77. The smallest absolute Gasteiger partial charge is 0.312 e. The van der Waals surface area contributed by atoms with Crippen molar-refractivity contribution in [2.24, 2.45) is 11.8 Å². The minimum Gasteiger partial charge on any atom is -0.465 e. The highest BCUT2D eigenvalue weighted by molar-refractivity contribution is 6.03. The molecule has 0 aromatic heterocycles. The van der Waals surface area contributed by atoms with E-state index in [9.17, 15) is 9.59 Å². The zero-order valence-corrected chi connectivity index (χ0v) is 15.3. The van der Waals surface area contributed by atoms with E-state index in [2.05, 4.69) is 6.92 Å². The van der Waals surface area contributed by atoms with E-state index in [1.165, 1.54) is 0 Å². The number of hydrogen-bond donors (Lipinski definition) is 0. The number of aryl methyl sites for hydroxylation is 1. The maximum Gasteiger partial charge on any atom is 0.312 e. The number of carbonyl (C=O) groups excluding carboxylic acids is 2. The first-order valence-corrected chi connectivity index (χ1v) is 9.48. The van der Waals surface area contributed by atoms with Crippen LogP contribution in [0.4, 0.5) is 5.69 Å². The second-order valence-corrected chi connectivity index (χ2v) is 7.49. The van der Waals surface area contributed by atoms with Crippen molar-refractivity contribution in [2.45, 2.75) is 44.8 Å². The van der Waals surface area contributed by atoms with E-state index < -0.39 is 17.4 Å². The van der Waals surface area contributed by atoms with E-state index in [1.807, 2.05) is 43.3 Å². The molecule has 5 heteroatoms. The molecule has 0 N–H and O–H groups in total. The number of carbonyl (C=O) groups is 2. The molecule has 3 aliphatic rings. The van der Waals surface area contributed by atoms with Gasteiger partial charge in [-0.05, 0) is 25.0 Å². The van der Waals surface area contributed by atoms with E-state index in [4.69, 9.17) is 9.47 Å². The van der Waals surface area contributed by atoms with E-state index in [0.29, 0.717) is 13.2 Å². The number of amides is 1. The summed E-state index contributed by atoms with van der Waals surface area (Å²) in [7, 11) is 0. The SMILES string of the molecule is CCCCCOC(=O)[C@@H]1[C@H]2C(=O)N(c3ccccc3C)C[C@]23C=C[C@H]1O3. The van der Waals surface area contributed by atoms with Crippen molar-refractivity contribution in [3.8, 4) is 0 Å². The summed E-state index contributed by atoms with van der Waals surface area (Å²) >= 11 is 0. The lowest BCUT2D eigenvalue weighted by atomic mass is 9.77. The van der Waals surface area contributed by atoms with E-state index in [1.54, 1.807) is 4.90 Å². The second-order valence-electron chi connectivity index (χ2n) is 7.49. The van der Waals surface area contributed by atoms with Crippen LogP contribution in [0.15, 0.2) is 36.4 Å². The Bertz CT molecular complexity index is 758. The summed E-state index contributed by atoms with van der Waals surface area (Å²) in [5, 5.41) is 0. The maximum absolute atomic E-state index is 13.2. The minimum absolute atomic E-state index is 0.0401. The standard InChI is InChI=1S/C21H25NO4/c1-3-4-7-12-25-20(24)17-16-10-11-21(26-16)13-22(19(23)18(17)21)15-9-6-5-8-14(15)2/h5-6,8-11,16-18H,3-4,7,12-13H2,1-2H3/t16-,17+,18+,21-/m1/s1. The Morgan fingerprint density at radius 1 is 1.35 bits per heavy atom. The number of unbranched alkanes of at least 4 members (excludes halogenated alkanes) is 2. The van der Waals surface area contributed by atoms with Gasteiger partial charge in [-0.1, -0.05) is 50.1 Å². The molecule has 2 saturated heterocycles. The molecule has 0 unspecified atom stereocenters. The average Bonchev–Trinajstić information content (AvgIpc) is 3.27. The fourth-order valence-electron chi connectivity index (χ4n) is 4.46. The molecule has 2 fully saturated rings. The first-order valence-electron chi connectivity index (χ1n) is 9.48. The largest absolute Gasteiger partial charge is 0.465 e. The topological polar surface area (TPSA) is 55.8 Å². The summed E-state index contributed by atoms with van der Waals surface area (Å²) in [6, 6.07) is 7.81. The first kappa shape index (κ1) is 17.3. The molecule has 0 saturated carbocycles. The van der Waals surface area contributed by atoms with Gasteiger partial charge in [0.25, 0.3) is 0 Å². The van der Waals surface area contributed by atoms with Crippen LogP contribution in [0.1, 0.15) is 31.7 Å². The maximum atomic E-state index is 13.2. The molecule has 1 aromatic carbocycles. The average molecular weight is 355 g/mol. The van der Waals surface area contributed by atoms with Gasteiger partial charge < -0.3 is 14.4 Å². The van der Waals surface area contributed by atoms with Crippen molar-refractivity contribution in [1.82, 2.24) is 0 Å². The molecule has 5 nitrogen and oxygen atoms in total. The number of esters is 1. The fraction of sp³-hybridized carbons (Fsp3) is 0.524. The van der Waals surface area contributed by atoms with Crippen molar-refractivity contribution in [3.05, 3.63) is 42.0 Å². The molecule has 138 valence electrons. The third kappa shape index (κ3) is 2.57. The first-order chi connectivity index (χ1) is 12.6. The summed E-state index contributed by atoms with van der Waals surface area (Å²) in [6.45, 7) is 4.96. The minimum atomic E-state index is -0.697. The van der Waals surface area contributed by atoms with E-state index in [0.717, 1.165) is 30.5 Å². The molecule has 4 rings (SSSR count). The van der Waals surface area contributed by atoms with Crippen LogP contribution in [0, 0.1) is 18.8 Å². The van der Waals surface area contributed by atoms with Crippen molar-refractivity contribution >= 4 is 17.6 Å². The quantitative estimate of drug-likeness (QED) is 0.447. The number of fused-ring (bicyclic) bond motifs is 1. The van der Waals surface area contributed by atoms with Crippen LogP contribution >= 0.6 is 0 Å². The van der Waals surface area contributed by atoms with Gasteiger partial charge in [-0.15, -0.1) is 0 Å². The van der Waals surface area contributed by atoms with Gasteiger partial charge in [0.05, 0.1) is 25.2 Å². The van der Waals surface area contributed by atoms with Gasteiger partial charge in [-0.25, -0.2) is 0 Å². The van der Waals surface area contributed by atoms with Crippen molar-refractivity contribution in [3.63, 3.8) is 0 Å². The highest BCUT2D eigenvalue weighted by Crippen LogP contribution is 2.53. The summed E-state index contributed by atoms with van der Waals surface area (Å²) in [6.07, 6.45) is 6.51. The van der Waals surface area contributed by atoms with E-state index in [-0.39, 0.29) is 18.0 Å². The Labute approximate surface area is 154 Å². The number of ether oxygens (including phenoxy) is 2. The Hall–Kier alpha value is -2.14. The molecule has 4 atom stereocenters. The molecule has 1 aromatic rings. The van der Waals surface area contributed by atoms with Gasteiger partial charge in [-0.2, -0.15) is 0 Å². The number of para-hydroxylation sites is 1. The molecule has 1 spiro atoms. The lowest BCUT2D eigenvalue weighted by Gasteiger charge is -2.23. The summed E-state index contributed by atoms with van der Waals surface area (Å²) in [5.41, 5.74) is 1.23. The third-order valence-corrected chi connectivity index (χ3v) is 5.77. The monoisotopic (exact) mass is 355 g/mol. The predicted octanol–water partition coefficient (Wildman–Crippen LogP) is 3.01. The number of hydrogen-bond acceptors (Lipinski definition) is 4. The zero-order valence-electron chi connectivity index (χ0n) is 15.3. The normalized spacial score (nSPS) is 31.5. The molecule has 26 heavy (non-hydrogen) atoms. The van der Waals surface area contributed by atoms with Crippen LogP contribution in [0.2, 0.25) is 0 Å². The summed E-state index contributed by atoms with van der Waals surface area (Å²) in [5.74, 6) is -1.37. The Balaban J connectivity index is 1.56. The van der Waals surface area contributed by atoms with Crippen molar-refractivity contribution in [2.75, 3.05) is 18.1 Å². The number of anilines is 1. The van der Waals surface area contributed by atoms with Crippen LogP contribution < -0.4 is 4.90 Å². The van der Waals surface area contributed by atoms with Gasteiger partial charge in [0, 0.05) is 5.69 Å². The van der Waals surface area contributed by atoms with Crippen molar-refractivity contribution in [1.29, 1.82) is 0 Å². The van der Waals surface area contributed by atoms with Crippen LogP contribution in [0.5, 0.6) is 0 Å². The van der Waals surface area contributed by atoms with Gasteiger partial charge in [0.15, 0.2) is 0 Å². The lowest BCUT2D eigenvalue weighted by Crippen LogP contribution is -2.40. The molecular formula is C21H25NO4. The van der Waals surface area contributed by atoms with Gasteiger partial charge in [0.2, 0.25) is 5.91 Å². The Morgan fingerprint density at radius 3 is 2.92 bits per heavy atom. The molecule has 3 aliphatic heterocycles. The molecule has 2 bridgehead atoms. The van der Waals surface area contributed by atoms with Gasteiger partial charge in [0.1, 0.15) is 11.5 Å².